The van der Waals surface area contributed by atoms with E-state index >= 15 is 0 Å². The Kier molecular flexibility index (Phi) is 4.82. The highest BCUT2D eigenvalue weighted by Crippen LogP contribution is 2.31. The number of hydrogen-bond donors (Lipinski definition) is 1. The van der Waals surface area contributed by atoms with E-state index in [1.54, 1.807) is 25.1 Å². The Hall–Kier alpha value is -1.94. The second-order valence-electron chi connectivity index (χ2n) is 6.22. The topological polar surface area (TPSA) is 62.3 Å². The van der Waals surface area contributed by atoms with Gasteiger partial charge in [0.25, 0.3) is 0 Å². The average molecular weight is 391 g/mol. The van der Waals surface area contributed by atoms with Crippen LogP contribution >= 0.6 is 0 Å². The molecule has 1 aromatic carbocycles. The van der Waals surface area contributed by atoms with Gasteiger partial charge in [-0.1, -0.05) is 12.1 Å². The summed E-state index contributed by atoms with van der Waals surface area (Å²) in [5.41, 5.74) is -3.85. The fraction of sp³-hybridized carbons (Fsp3) is 0.438. The molecule has 0 amide bonds. The summed E-state index contributed by atoms with van der Waals surface area (Å²) in [6.45, 7) is 1.27. The number of benzene rings is 1. The third-order valence-corrected chi connectivity index (χ3v) is 5.99. The van der Waals surface area contributed by atoms with Gasteiger partial charge in [-0.25, -0.2) is 17.8 Å². The molecule has 0 spiro atoms. The number of aryl methyl sites for hydroxylation is 1. The normalized spacial score (nSPS) is 17.6. The Morgan fingerprint density at radius 2 is 1.88 bits per heavy atom. The van der Waals surface area contributed by atoms with Crippen molar-refractivity contribution in [2.75, 3.05) is 18.4 Å². The van der Waals surface area contributed by atoms with Gasteiger partial charge in [0.2, 0.25) is 0 Å². The van der Waals surface area contributed by atoms with Crippen molar-refractivity contribution < 1.29 is 26.0 Å². The molecule has 26 heavy (non-hydrogen) atoms. The Labute approximate surface area is 148 Å². The van der Waals surface area contributed by atoms with Crippen LogP contribution in [0.3, 0.4) is 0 Å². The predicted molar refractivity (Wildman–Crippen MR) is 89.6 cm³/mol. The first kappa shape index (κ1) is 18.8. The van der Waals surface area contributed by atoms with Crippen molar-refractivity contribution in [1.29, 1.82) is 0 Å². The SMILES string of the molecule is Cc1cc(NC2CCN(S(=O)(=O)C(F)(F)F)CC2)c2cccc(F)c2n1. The van der Waals surface area contributed by atoms with Crippen molar-refractivity contribution in [2.45, 2.75) is 31.3 Å². The third-order valence-electron chi connectivity index (χ3n) is 4.36. The number of pyridine rings is 1. The second-order valence-corrected chi connectivity index (χ2v) is 8.15. The molecule has 2 heterocycles. The van der Waals surface area contributed by atoms with Crippen LogP contribution in [0, 0.1) is 12.7 Å². The highest BCUT2D eigenvalue weighted by Gasteiger charge is 2.50. The quantitative estimate of drug-likeness (QED) is 0.815. The predicted octanol–water partition coefficient (Wildman–Crippen LogP) is 3.41. The minimum atomic E-state index is -5.30. The van der Waals surface area contributed by atoms with Crippen molar-refractivity contribution in [3.8, 4) is 0 Å². The van der Waals surface area contributed by atoms with Gasteiger partial charge in [-0.05, 0) is 31.9 Å². The molecule has 1 aliphatic heterocycles. The summed E-state index contributed by atoms with van der Waals surface area (Å²) >= 11 is 0. The number of alkyl halides is 3. The first-order valence-corrected chi connectivity index (χ1v) is 9.42. The molecule has 0 aliphatic carbocycles. The van der Waals surface area contributed by atoms with E-state index in [2.05, 4.69) is 10.3 Å². The van der Waals surface area contributed by atoms with Crippen LogP contribution < -0.4 is 5.32 Å². The van der Waals surface area contributed by atoms with Gasteiger partial charge in [0.15, 0.2) is 0 Å². The third kappa shape index (κ3) is 3.48. The maximum absolute atomic E-state index is 13.9. The van der Waals surface area contributed by atoms with Gasteiger partial charge in [-0.15, -0.1) is 0 Å². The zero-order chi connectivity index (χ0) is 19.1. The van der Waals surface area contributed by atoms with Crippen LogP contribution in [0.2, 0.25) is 0 Å². The van der Waals surface area contributed by atoms with Gasteiger partial charge in [-0.3, -0.25) is 0 Å². The van der Waals surface area contributed by atoms with Crippen molar-refractivity contribution in [3.63, 3.8) is 0 Å². The van der Waals surface area contributed by atoms with E-state index in [0.29, 0.717) is 21.1 Å². The van der Waals surface area contributed by atoms with E-state index in [9.17, 15) is 26.0 Å². The summed E-state index contributed by atoms with van der Waals surface area (Å²) in [7, 11) is -5.30. The summed E-state index contributed by atoms with van der Waals surface area (Å²) in [5, 5.41) is 3.76. The number of aromatic nitrogens is 1. The van der Waals surface area contributed by atoms with Gasteiger partial charge in [-0.2, -0.15) is 17.5 Å². The standard InChI is InChI=1S/C16H17F4N3O2S/c1-10-9-14(12-3-2-4-13(17)15(12)21-10)22-11-5-7-23(8-6-11)26(24,25)16(18,19)20/h2-4,9,11H,5-8H2,1H3,(H,21,22). The Morgan fingerprint density at radius 1 is 1.23 bits per heavy atom. The summed E-state index contributed by atoms with van der Waals surface area (Å²) in [4.78, 5) is 4.17. The fourth-order valence-corrected chi connectivity index (χ4v) is 4.05. The van der Waals surface area contributed by atoms with E-state index in [1.165, 1.54) is 6.07 Å². The fourth-order valence-electron chi connectivity index (χ4n) is 3.07. The molecule has 0 bridgehead atoms. The zero-order valence-electron chi connectivity index (χ0n) is 13.8. The summed E-state index contributed by atoms with van der Waals surface area (Å²) < 4.78 is 75.2. The van der Waals surface area contributed by atoms with Gasteiger partial charge in [0, 0.05) is 35.9 Å². The average Bonchev–Trinajstić information content (AvgIpc) is 2.55. The Morgan fingerprint density at radius 3 is 2.50 bits per heavy atom. The molecule has 142 valence electrons. The van der Waals surface area contributed by atoms with Crippen LogP contribution in [0.5, 0.6) is 0 Å². The molecule has 0 saturated carbocycles. The molecule has 0 radical (unpaired) electrons. The molecular formula is C16H17F4N3O2S. The first-order valence-electron chi connectivity index (χ1n) is 7.98. The lowest BCUT2D eigenvalue weighted by Gasteiger charge is -2.32. The van der Waals surface area contributed by atoms with Crippen molar-refractivity contribution in [2.24, 2.45) is 0 Å². The summed E-state index contributed by atoms with van der Waals surface area (Å²) in [6, 6.07) is 6.08. The van der Waals surface area contributed by atoms with Crippen molar-refractivity contribution in [1.82, 2.24) is 9.29 Å². The number of hydrogen-bond acceptors (Lipinski definition) is 4. The smallest absolute Gasteiger partial charge is 0.382 e. The van der Waals surface area contributed by atoms with Crippen LogP contribution in [0.1, 0.15) is 18.5 Å². The lowest BCUT2D eigenvalue weighted by atomic mass is 10.1. The molecule has 0 unspecified atom stereocenters. The monoisotopic (exact) mass is 391 g/mol. The van der Waals surface area contributed by atoms with Crippen LogP contribution in [0.15, 0.2) is 24.3 Å². The van der Waals surface area contributed by atoms with E-state index < -0.39 is 21.3 Å². The molecule has 1 saturated heterocycles. The van der Waals surface area contributed by atoms with E-state index in [1.807, 2.05) is 0 Å². The minimum Gasteiger partial charge on any atom is -0.382 e. The van der Waals surface area contributed by atoms with Crippen molar-refractivity contribution >= 4 is 26.6 Å². The van der Waals surface area contributed by atoms with E-state index in [-0.39, 0.29) is 37.5 Å². The summed E-state index contributed by atoms with van der Waals surface area (Å²) in [6.07, 6.45) is 0.432. The molecular weight excluding hydrogens is 374 g/mol. The van der Waals surface area contributed by atoms with Crippen LogP contribution in [-0.2, 0) is 10.0 Å². The lowest BCUT2D eigenvalue weighted by molar-refractivity contribution is -0.0494. The minimum absolute atomic E-state index is 0.215. The van der Waals surface area contributed by atoms with Gasteiger partial charge in [0.1, 0.15) is 11.3 Å². The molecule has 1 aromatic heterocycles. The maximum Gasteiger partial charge on any atom is 0.511 e. The Bertz CT molecular complexity index is 923. The highest BCUT2D eigenvalue weighted by molar-refractivity contribution is 7.90. The largest absolute Gasteiger partial charge is 0.511 e. The highest BCUT2D eigenvalue weighted by atomic mass is 32.2. The zero-order valence-corrected chi connectivity index (χ0v) is 14.7. The molecule has 0 atom stereocenters. The molecule has 1 aliphatic rings. The first-order chi connectivity index (χ1) is 12.1. The number of nitrogens with zero attached hydrogens (tertiary/aromatic N) is 2. The number of fused-ring (bicyclic) bond motifs is 1. The van der Waals surface area contributed by atoms with Crippen molar-refractivity contribution in [3.05, 3.63) is 35.8 Å². The second kappa shape index (κ2) is 6.66. The van der Waals surface area contributed by atoms with E-state index in [4.69, 9.17) is 0 Å². The molecule has 1 N–H and O–H groups in total. The number of halogens is 4. The molecule has 10 heteroatoms. The van der Waals surface area contributed by atoms with Gasteiger partial charge in [0.05, 0.1) is 0 Å². The van der Waals surface area contributed by atoms with Crippen LogP contribution in [0.25, 0.3) is 10.9 Å². The molecule has 5 nitrogen and oxygen atoms in total. The number of piperidine rings is 1. The van der Waals surface area contributed by atoms with Crippen LogP contribution in [0.4, 0.5) is 23.2 Å². The molecule has 3 rings (SSSR count). The van der Waals surface area contributed by atoms with Gasteiger partial charge < -0.3 is 5.32 Å². The molecule has 2 aromatic rings. The maximum atomic E-state index is 13.9. The summed E-state index contributed by atoms with van der Waals surface area (Å²) in [5.74, 6) is -0.458. The number of nitrogens with one attached hydrogen (secondary N) is 1. The lowest BCUT2D eigenvalue weighted by Crippen LogP contribution is -2.47. The number of sulfonamides is 1. The van der Waals surface area contributed by atoms with Gasteiger partial charge >= 0.3 is 15.5 Å². The van der Waals surface area contributed by atoms with E-state index in [0.717, 1.165) is 0 Å². The number of anilines is 1. The number of para-hydroxylation sites is 1. The molecule has 1 fully saturated rings. The van der Waals surface area contributed by atoms with Crippen LogP contribution in [-0.4, -0.2) is 42.3 Å². The number of rotatable bonds is 3. The Balaban J connectivity index is 1.77.